The third-order valence-electron chi connectivity index (χ3n) is 4.08. The molecule has 0 bridgehead atoms. The first-order valence-electron chi connectivity index (χ1n) is 6.51. The molecule has 21 heavy (non-hydrogen) atoms. The smallest absolute Gasteiger partial charge is 0.237 e. The molecule has 0 aromatic heterocycles. The number of hydrogen-bond donors (Lipinski definition) is 0. The van der Waals surface area contributed by atoms with Gasteiger partial charge in [-0.1, -0.05) is 61.1 Å². The number of imide groups is 1. The fraction of sp³-hybridized carbons (Fsp3) is 0.429. The van der Waals surface area contributed by atoms with E-state index in [1.165, 1.54) is 4.90 Å². The van der Waals surface area contributed by atoms with E-state index in [1.807, 2.05) is 0 Å². The van der Waals surface area contributed by atoms with Crippen molar-refractivity contribution in [3.63, 3.8) is 0 Å². The average molecular weight is 456 g/mol. The van der Waals surface area contributed by atoms with Gasteiger partial charge in [0.1, 0.15) is 0 Å². The first-order chi connectivity index (χ1) is 9.91. The molecule has 0 spiro atoms. The lowest BCUT2D eigenvalue weighted by atomic mass is 9.81. The van der Waals surface area contributed by atoms with Crippen LogP contribution in [0.15, 0.2) is 18.2 Å². The number of benzene rings is 1. The summed E-state index contributed by atoms with van der Waals surface area (Å²) < 4.78 is 0. The minimum absolute atomic E-state index is 0.182. The Kier molecular flexibility index (Phi) is 4.39. The van der Waals surface area contributed by atoms with E-state index in [4.69, 9.17) is 23.2 Å². The Bertz CT molecular complexity index is 597. The molecule has 3 nitrogen and oxygen atoms in total. The maximum absolute atomic E-state index is 12.6. The van der Waals surface area contributed by atoms with Gasteiger partial charge in [-0.05, 0) is 25.0 Å². The van der Waals surface area contributed by atoms with Gasteiger partial charge in [0.2, 0.25) is 11.8 Å². The molecular weight excluding hydrogens is 445 g/mol. The Morgan fingerprint density at radius 1 is 1.00 bits per heavy atom. The van der Waals surface area contributed by atoms with Crippen LogP contribution in [0.4, 0.5) is 5.69 Å². The molecule has 1 aromatic rings. The number of carbonyl (C=O) groups excluding carboxylic acids is 2. The van der Waals surface area contributed by atoms with Gasteiger partial charge in [-0.25, -0.2) is 4.90 Å². The molecule has 2 fully saturated rings. The molecule has 4 atom stereocenters. The summed E-state index contributed by atoms with van der Waals surface area (Å²) >= 11 is 19.3. The normalized spacial score (nSPS) is 32.5. The molecule has 3 rings (SSSR count). The number of hydrogen-bond acceptors (Lipinski definition) is 2. The van der Waals surface area contributed by atoms with Crippen LogP contribution in [-0.4, -0.2) is 21.5 Å². The number of rotatable bonds is 1. The second-order valence-corrected chi connectivity index (χ2v) is 8.44. The van der Waals surface area contributed by atoms with Gasteiger partial charge in [0, 0.05) is 9.65 Å². The van der Waals surface area contributed by atoms with E-state index >= 15 is 0 Å². The zero-order chi connectivity index (χ0) is 15.3. The van der Waals surface area contributed by atoms with Gasteiger partial charge in [0.15, 0.2) is 0 Å². The Morgan fingerprint density at radius 3 is 2.05 bits per heavy atom. The molecule has 0 N–H and O–H groups in total. The average Bonchev–Trinajstić information content (AvgIpc) is 2.67. The lowest BCUT2D eigenvalue weighted by Gasteiger charge is -2.29. The molecule has 1 aromatic carbocycles. The highest BCUT2D eigenvalue weighted by atomic mass is 79.9. The molecule has 1 saturated carbocycles. The highest BCUT2D eigenvalue weighted by Crippen LogP contribution is 2.46. The van der Waals surface area contributed by atoms with Crippen LogP contribution in [0.2, 0.25) is 10.0 Å². The molecule has 1 saturated heterocycles. The fourth-order valence-corrected chi connectivity index (χ4v) is 4.61. The number of nitrogens with zero attached hydrogens (tertiary/aromatic N) is 1. The van der Waals surface area contributed by atoms with Gasteiger partial charge in [-0.3, -0.25) is 9.59 Å². The third-order valence-corrected chi connectivity index (χ3v) is 7.63. The van der Waals surface area contributed by atoms with Crippen molar-refractivity contribution < 1.29 is 9.59 Å². The zero-order valence-corrected chi connectivity index (χ0v) is 15.4. The van der Waals surface area contributed by atoms with Crippen molar-refractivity contribution in [2.45, 2.75) is 22.5 Å². The molecule has 1 heterocycles. The van der Waals surface area contributed by atoms with Gasteiger partial charge in [0.25, 0.3) is 0 Å². The van der Waals surface area contributed by atoms with Crippen LogP contribution < -0.4 is 4.90 Å². The van der Waals surface area contributed by atoms with Crippen molar-refractivity contribution in [3.8, 4) is 0 Å². The first kappa shape index (κ1) is 15.8. The lowest BCUT2D eigenvalue weighted by molar-refractivity contribution is -0.122. The van der Waals surface area contributed by atoms with E-state index in [-0.39, 0.29) is 38.3 Å². The van der Waals surface area contributed by atoms with Crippen LogP contribution in [-0.2, 0) is 9.59 Å². The molecule has 2 aliphatic rings. The number of halogens is 4. The van der Waals surface area contributed by atoms with Crippen LogP contribution in [0.1, 0.15) is 12.8 Å². The van der Waals surface area contributed by atoms with Crippen LogP contribution >= 0.6 is 55.1 Å². The number of amides is 2. The zero-order valence-electron chi connectivity index (χ0n) is 10.7. The minimum Gasteiger partial charge on any atom is -0.274 e. The second kappa shape index (κ2) is 5.84. The Hall–Kier alpha value is -0.100. The maximum atomic E-state index is 12.6. The predicted molar refractivity (Wildman–Crippen MR) is 90.6 cm³/mol. The SMILES string of the molecule is O=C1[C@H]2C[C@@H](Br)[C@@H](Br)C[C@H]2C(=O)N1c1cccc(Cl)c1Cl. The standard InChI is InChI=1S/C14H11Br2Cl2NO2/c15-8-4-6-7(5-9(8)16)14(21)19(13(6)20)11-3-1-2-10(17)12(11)18/h1-3,6-9H,4-5H2/t6-,7+,8+,9-. The highest BCUT2D eigenvalue weighted by molar-refractivity contribution is 9.12. The first-order valence-corrected chi connectivity index (χ1v) is 9.10. The second-order valence-electron chi connectivity index (χ2n) is 5.30. The summed E-state index contributed by atoms with van der Waals surface area (Å²) in [5, 5.41) is 0.576. The van der Waals surface area contributed by atoms with Crippen molar-refractivity contribution >= 4 is 72.6 Å². The largest absolute Gasteiger partial charge is 0.274 e. The predicted octanol–water partition coefficient (Wildman–Crippen LogP) is 4.42. The molecule has 2 amide bonds. The van der Waals surface area contributed by atoms with Crippen molar-refractivity contribution in [2.75, 3.05) is 4.90 Å². The maximum Gasteiger partial charge on any atom is 0.237 e. The molecule has 7 heteroatoms. The van der Waals surface area contributed by atoms with Gasteiger partial charge >= 0.3 is 0 Å². The fourth-order valence-electron chi connectivity index (χ4n) is 3.00. The van der Waals surface area contributed by atoms with Crippen LogP contribution in [0.25, 0.3) is 0 Å². The quantitative estimate of drug-likeness (QED) is 0.464. The number of alkyl halides is 2. The van der Waals surface area contributed by atoms with E-state index in [0.29, 0.717) is 23.6 Å². The van der Waals surface area contributed by atoms with E-state index < -0.39 is 0 Å². The summed E-state index contributed by atoms with van der Waals surface area (Å²) in [6, 6.07) is 4.97. The molecule has 0 radical (unpaired) electrons. The summed E-state index contributed by atoms with van der Waals surface area (Å²) in [7, 11) is 0. The summed E-state index contributed by atoms with van der Waals surface area (Å²) in [6.45, 7) is 0. The number of anilines is 1. The molecule has 1 aliphatic carbocycles. The molecule has 1 aliphatic heterocycles. The molecular formula is C14H11Br2Cl2NO2. The lowest BCUT2D eigenvalue weighted by Crippen LogP contribution is -2.34. The van der Waals surface area contributed by atoms with E-state index in [1.54, 1.807) is 18.2 Å². The Labute approximate surface area is 149 Å². The van der Waals surface area contributed by atoms with Crippen molar-refractivity contribution in [2.24, 2.45) is 11.8 Å². The van der Waals surface area contributed by atoms with Gasteiger partial charge < -0.3 is 0 Å². The monoisotopic (exact) mass is 453 g/mol. The van der Waals surface area contributed by atoms with Gasteiger partial charge in [-0.2, -0.15) is 0 Å². The van der Waals surface area contributed by atoms with Crippen molar-refractivity contribution in [3.05, 3.63) is 28.2 Å². The van der Waals surface area contributed by atoms with Crippen LogP contribution in [0, 0.1) is 11.8 Å². The summed E-state index contributed by atoms with van der Waals surface area (Å²) in [5.41, 5.74) is 0.380. The summed E-state index contributed by atoms with van der Waals surface area (Å²) in [4.78, 5) is 26.8. The minimum atomic E-state index is -0.286. The number of fused-ring (bicyclic) bond motifs is 1. The van der Waals surface area contributed by atoms with Gasteiger partial charge in [-0.15, -0.1) is 0 Å². The van der Waals surface area contributed by atoms with E-state index in [0.717, 1.165) is 0 Å². The number of carbonyl (C=O) groups is 2. The highest BCUT2D eigenvalue weighted by Gasteiger charge is 2.52. The van der Waals surface area contributed by atoms with Crippen molar-refractivity contribution in [1.29, 1.82) is 0 Å². The summed E-state index contributed by atoms with van der Waals surface area (Å²) in [5.74, 6) is -0.938. The van der Waals surface area contributed by atoms with E-state index in [2.05, 4.69) is 31.9 Å². The topological polar surface area (TPSA) is 37.4 Å². The van der Waals surface area contributed by atoms with Crippen LogP contribution in [0.3, 0.4) is 0 Å². The Morgan fingerprint density at radius 2 is 1.52 bits per heavy atom. The van der Waals surface area contributed by atoms with E-state index in [9.17, 15) is 9.59 Å². The van der Waals surface area contributed by atoms with Crippen LogP contribution in [0.5, 0.6) is 0 Å². The Balaban J connectivity index is 2.00. The summed E-state index contributed by atoms with van der Waals surface area (Å²) in [6.07, 6.45) is 1.28. The molecule has 0 unspecified atom stereocenters. The molecule has 112 valence electrons. The van der Waals surface area contributed by atoms with Crippen molar-refractivity contribution in [1.82, 2.24) is 0 Å². The van der Waals surface area contributed by atoms with Gasteiger partial charge in [0.05, 0.1) is 27.6 Å². The third kappa shape index (κ3) is 2.56.